The average molecular weight is 271 g/mol. The van der Waals surface area contributed by atoms with Crippen LogP contribution in [0, 0.1) is 0 Å². The average Bonchev–Trinajstić information content (AvgIpc) is 2.74. The van der Waals surface area contributed by atoms with E-state index in [1.165, 1.54) is 17.1 Å². The Bertz CT molecular complexity index is 759. The summed E-state index contributed by atoms with van der Waals surface area (Å²) in [5.74, 6) is 0.198. The largest absolute Gasteiger partial charge is 0.508 e. The predicted molar refractivity (Wildman–Crippen MR) is 77.9 cm³/mol. The Morgan fingerprint density at radius 3 is 2.68 bits per heavy atom. The fourth-order valence-corrected chi connectivity index (χ4v) is 3.11. The van der Waals surface area contributed by atoms with Crippen LogP contribution in [0.15, 0.2) is 53.3 Å². The second kappa shape index (κ2) is 4.90. The van der Waals surface area contributed by atoms with Gasteiger partial charge in [0.15, 0.2) is 0 Å². The number of aryl methyl sites for hydroxylation is 2. The van der Waals surface area contributed by atoms with Gasteiger partial charge in [-0.25, -0.2) is 0 Å². The summed E-state index contributed by atoms with van der Waals surface area (Å²) in [6.45, 7) is 0.670. The zero-order valence-electron chi connectivity index (χ0n) is 10.2. The summed E-state index contributed by atoms with van der Waals surface area (Å²) in [5, 5.41) is 10.1. The highest BCUT2D eigenvalue weighted by molar-refractivity contribution is 7.13. The maximum Gasteiger partial charge on any atom is 0.268 e. The monoisotopic (exact) mass is 271 g/mol. The molecule has 3 nitrogen and oxygen atoms in total. The topological polar surface area (TPSA) is 42.2 Å². The van der Waals surface area contributed by atoms with E-state index in [0.717, 1.165) is 11.1 Å². The molecule has 0 radical (unpaired) electrons. The van der Waals surface area contributed by atoms with Crippen molar-refractivity contribution in [3.8, 4) is 5.75 Å². The van der Waals surface area contributed by atoms with Gasteiger partial charge in [0.1, 0.15) is 5.75 Å². The summed E-state index contributed by atoms with van der Waals surface area (Å²) in [6, 6.07) is 15.0. The van der Waals surface area contributed by atoms with E-state index in [9.17, 15) is 9.90 Å². The molecule has 0 amide bonds. The van der Waals surface area contributed by atoms with E-state index in [2.05, 4.69) is 12.1 Å². The Balaban J connectivity index is 1.89. The summed E-state index contributed by atoms with van der Waals surface area (Å²) >= 11 is 1.40. The van der Waals surface area contributed by atoms with Crippen molar-refractivity contribution in [1.29, 1.82) is 0 Å². The van der Waals surface area contributed by atoms with Crippen molar-refractivity contribution >= 4 is 21.6 Å². The lowest BCUT2D eigenvalue weighted by Gasteiger charge is -2.00. The third kappa shape index (κ3) is 2.39. The Kier molecular flexibility index (Phi) is 3.09. The first-order valence-corrected chi connectivity index (χ1v) is 6.88. The molecule has 0 saturated carbocycles. The molecule has 0 bridgehead atoms. The van der Waals surface area contributed by atoms with E-state index in [1.54, 1.807) is 22.2 Å². The van der Waals surface area contributed by atoms with Crippen LogP contribution in [-0.2, 0) is 13.0 Å². The van der Waals surface area contributed by atoms with Crippen LogP contribution in [0.1, 0.15) is 5.56 Å². The molecule has 19 heavy (non-hydrogen) atoms. The van der Waals surface area contributed by atoms with E-state index in [1.807, 2.05) is 18.2 Å². The maximum atomic E-state index is 12.2. The standard InChI is InChI=1S/C15H13NO2S/c17-12-6-7-13-14(10-12)19-16(15(13)18)9-8-11-4-2-1-3-5-11/h1-7,10,17H,8-9H2. The van der Waals surface area contributed by atoms with Gasteiger partial charge < -0.3 is 5.11 Å². The number of aromatic hydroxyl groups is 1. The Hall–Kier alpha value is -2.07. The first-order chi connectivity index (χ1) is 9.24. The molecule has 1 aromatic heterocycles. The Morgan fingerprint density at radius 1 is 1.11 bits per heavy atom. The maximum absolute atomic E-state index is 12.2. The van der Waals surface area contributed by atoms with E-state index in [-0.39, 0.29) is 11.3 Å². The van der Waals surface area contributed by atoms with Crippen LogP contribution in [0.3, 0.4) is 0 Å². The molecular weight excluding hydrogens is 258 g/mol. The fraction of sp³-hybridized carbons (Fsp3) is 0.133. The summed E-state index contributed by atoms with van der Waals surface area (Å²) in [7, 11) is 0. The number of phenolic OH excluding ortho intramolecular Hbond substituents is 1. The molecular formula is C15H13NO2S. The molecule has 96 valence electrons. The van der Waals surface area contributed by atoms with Crippen LogP contribution in [0.25, 0.3) is 10.1 Å². The minimum Gasteiger partial charge on any atom is -0.508 e. The molecule has 1 N–H and O–H groups in total. The minimum absolute atomic E-state index is 0.0240. The van der Waals surface area contributed by atoms with Gasteiger partial charge in [-0.3, -0.25) is 8.75 Å². The van der Waals surface area contributed by atoms with Crippen LogP contribution in [-0.4, -0.2) is 9.06 Å². The summed E-state index contributed by atoms with van der Waals surface area (Å²) in [4.78, 5) is 12.2. The van der Waals surface area contributed by atoms with E-state index in [0.29, 0.717) is 11.9 Å². The van der Waals surface area contributed by atoms with Gasteiger partial charge in [-0.2, -0.15) is 0 Å². The molecule has 0 aliphatic carbocycles. The van der Waals surface area contributed by atoms with Crippen molar-refractivity contribution in [2.24, 2.45) is 0 Å². The van der Waals surface area contributed by atoms with Gasteiger partial charge in [0.2, 0.25) is 0 Å². The molecule has 3 aromatic rings. The highest BCUT2D eigenvalue weighted by atomic mass is 32.1. The zero-order chi connectivity index (χ0) is 13.2. The molecule has 0 atom stereocenters. The lowest BCUT2D eigenvalue weighted by Crippen LogP contribution is -2.14. The number of hydrogen-bond donors (Lipinski definition) is 1. The molecule has 4 heteroatoms. The highest BCUT2D eigenvalue weighted by Crippen LogP contribution is 2.21. The SMILES string of the molecule is O=c1c2ccc(O)cc2sn1CCc1ccccc1. The van der Waals surface area contributed by atoms with E-state index >= 15 is 0 Å². The number of hydrogen-bond acceptors (Lipinski definition) is 3. The van der Waals surface area contributed by atoms with Crippen LogP contribution in [0.2, 0.25) is 0 Å². The number of fused-ring (bicyclic) bond motifs is 1. The molecule has 0 aliphatic rings. The zero-order valence-corrected chi connectivity index (χ0v) is 11.1. The molecule has 2 aromatic carbocycles. The summed E-state index contributed by atoms with van der Waals surface area (Å²) in [5.41, 5.74) is 1.24. The first-order valence-electron chi connectivity index (χ1n) is 6.11. The van der Waals surface area contributed by atoms with Crippen molar-refractivity contribution in [3.05, 3.63) is 64.4 Å². The normalized spacial score (nSPS) is 10.9. The van der Waals surface area contributed by atoms with Gasteiger partial charge in [0.25, 0.3) is 5.56 Å². The number of rotatable bonds is 3. The van der Waals surface area contributed by atoms with E-state index in [4.69, 9.17) is 0 Å². The van der Waals surface area contributed by atoms with Crippen molar-refractivity contribution in [2.75, 3.05) is 0 Å². The third-order valence-electron chi connectivity index (χ3n) is 3.08. The summed E-state index contributed by atoms with van der Waals surface area (Å²) in [6.07, 6.45) is 0.833. The number of benzene rings is 2. The van der Waals surface area contributed by atoms with Crippen LogP contribution < -0.4 is 5.56 Å². The van der Waals surface area contributed by atoms with Gasteiger partial charge in [-0.1, -0.05) is 41.9 Å². The lowest BCUT2D eigenvalue weighted by molar-refractivity contribution is 0.476. The summed E-state index contributed by atoms with van der Waals surface area (Å²) < 4.78 is 2.58. The predicted octanol–water partition coefficient (Wildman–Crippen LogP) is 3.01. The van der Waals surface area contributed by atoms with Gasteiger partial charge in [0.05, 0.1) is 10.1 Å². The van der Waals surface area contributed by atoms with Gasteiger partial charge in [-0.05, 0) is 30.2 Å². The molecule has 1 heterocycles. The Morgan fingerprint density at radius 2 is 1.89 bits per heavy atom. The molecule has 0 spiro atoms. The fourth-order valence-electron chi connectivity index (χ4n) is 2.08. The Labute approximate surface area is 114 Å². The van der Waals surface area contributed by atoms with Crippen molar-refractivity contribution in [2.45, 2.75) is 13.0 Å². The highest BCUT2D eigenvalue weighted by Gasteiger charge is 2.07. The lowest BCUT2D eigenvalue weighted by atomic mass is 10.1. The second-order valence-electron chi connectivity index (χ2n) is 4.41. The number of phenols is 1. The smallest absolute Gasteiger partial charge is 0.268 e. The molecule has 0 fully saturated rings. The second-order valence-corrected chi connectivity index (χ2v) is 5.48. The molecule has 3 rings (SSSR count). The van der Waals surface area contributed by atoms with Crippen molar-refractivity contribution in [1.82, 2.24) is 3.96 Å². The third-order valence-corrected chi connectivity index (χ3v) is 4.18. The number of aromatic nitrogens is 1. The van der Waals surface area contributed by atoms with Crippen molar-refractivity contribution < 1.29 is 5.11 Å². The quantitative estimate of drug-likeness (QED) is 0.795. The number of nitrogens with zero attached hydrogens (tertiary/aromatic N) is 1. The van der Waals surface area contributed by atoms with Crippen LogP contribution in [0.5, 0.6) is 5.75 Å². The van der Waals surface area contributed by atoms with Crippen molar-refractivity contribution in [3.63, 3.8) is 0 Å². The molecule has 0 unspecified atom stereocenters. The van der Waals surface area contributed by atoms with Gasteiger partial charge >= 0.3 is 0 Å². The van der Waals surface area contributed by atoms with Gasteiger partial charge in [-0.15, -0.1) is 0 Å². The van der Waals surface area contributed by atoms with Crippen LogP contribution >= 0.6 is 11.5 Å². The van der Waals surface area contributed by atoms with E-state index < -0.39 is 0 Å². The van der Waals surface area contributed by atoms with Crippen LogP contribution in [0.4, 0.5) is 0 Å². The molecule has 0 saturated heterocycles. The molecule has 0 aliphatic heterocycles. The first kappa shape index (κ1) is 12.0. The minimum atomic E-state index is 0.0240. The van der Waals surface area contributed by atoms with Gasteiger partial charge in [0, 0.05) is 6.54 Å².